The number of ether oxygens (including phenoxy) is 1. The van der Waals surface area contributed by atoms with Crippen LogP contribution in [-0.2, 0) is 0 Å². The Hall–Kier alpha value is -2.34. The van der Waals surface area contributed by atoms with Crippen molar-refractivity contribution in [2.24, 2.45) is 0 Å². The van der Waals surface area contributed by atoms with E-state index in [1.165, 1.54) is 0 Å². The van der Waals surface area contributed by atoms with Crippen LogP contribution in [0.5, 0.6) is 5.75 Å². The third-order valence-electron chi connectivity index (χ3n) is 4.04. The van der Waals surface area contributed by atoms with Gasteiger partial charge in [-0.1, -0.05) is 29.8 Å². The number of carbonyl (C=O) groups is 2. The van der Waals surface area contributed by atoms with Crippen LogP contribution in [0.1, 0.15) is 54.3 Å². The lowest BCUT2D eigenvalue weighted by Crippen LogP contribution is -2.31. The topological polar surface area (TPSA) is 67.4 Å². The molecular formula is C21H25BrN2O3. The number of amides is 2. The predicted octanol–water partition coefficient (Wildman–Crippen LogP) is 5.02. The van der Waals surface area contributed by atoms with Gasteiger partial charge in [-0.15, -0.1) is 0 Å². The molecule has 0 spiro atoms. The van der Waals surface area contributed by atoms with Gasteiger partial charge in [-0.3, -0.25) is 9.59 Å². The quantitative estimate of drug-likeness (QED) is 0.615. The first kappa shape index (κ1) is 21.0. The number of nitrogens with one attached hydrogen (secondary N) is 2. The van der Waals surface area contributed by atoms with E-state index in [1.54, 1.807) is 36.4 Å². The molecule has 27 heavy (non-hydrogen) atoms. The highest BCUT2D eigenvalue weighted by Crippen LogP contribution is 2.24. The number of halogens is 1. The minimum atomic E-state index is -0.265. The number of carbonyl (C=O) groups excluding carboxylic acids is 2. The van der Waals surface area contributed by atoms with E-state index in [2.05, 4.69) is 26.6 Å². The van der Waals surface area contributed by atoms with Crippen LogP contribution < -0.4 is 15.4 Å². The lowest BCUT2D eigenvalue weighted by atomic mass is 10.1. The number of hydrogen-bond donors (Lipinski definition) is 2. The summed E-state index contributed by atoms with van der Waals surface area (Å²) in [7, 11) is 0. The van der Waals surface area contributed by atoms with Gasteiger partial charge in [-0.05, 0) is 62.2 Å². The second kappa shape index (κ2) is 10.1. The summed E-state index contributed by atoms with van der Waals surface area (Å²) in [5.41, 5.74) is 1.63. The summed E-state index contributed by atoms with van der Waals surface area (Å²) in [6.45, 7) is 6.53. The van der Waals surface area contributed by atoms with Crippen molar-refractivity contribution in [2.75, 3.05) is 11.9 Å². The molecule has 0 saturated heterocycles. The zero-order valence-corrected chi connectivity index (χ0v) is 17.4. The maximum absolute atomic E-state index is 12.7. The van der Waals surface area contributed by atoms with Crippen LogP contribution in [0.4, 0.5) is 5.69 Å². The molecule has 1 unspecified atom stereocenters. The molecule has 0 aromatic heterocycles. The van der Waals surface area contributed by atoms with Crippen molar-refractivity contribution in [1.29, 1.82) is 0 Å². The van der Waals surface area contributed by atoms with Crippen molar-refractivity contribution in [3.8, 4) is 5.75 Å². The summed E-state index contributed by atoms with van der Waals surface area (Å²) in [6.07, 6.45) is 1.73. The maximum atomic E-state index is 12.7. The van der Waals surface area contributed by atoms with Gasteiger partial charge >= 0.3 is 0 Å². The van der Waals surface area contributed by atoms with Crippen LogP contribution in [0.3, 0.4) is 0 Å². The SMILES string of the molecule is CCCOc1ccc(Br)cc1C(=O)Nc1ccc(C(=O)NC(C)CC)cc1. The second-order valence-corrected chi connectivity index (χ2v) is 7.22. The Kier molecular flexibility index (Phi) is 7.85. The van der Waals surface area contributed by atoms with E-state index in [9.17, 15) is 9.59 Å². The Balaban J connectivity index is 2.10. The maximum Gasteiger partial charge on any atom is 0.259 e. The smallest absolute Gasteiger partial charge is 0.259 e. The average molecular weight is 433 g/mol. The minimum absolute atomic E-state index is 0.120. The van der Waals surface area contributed by atoms with Crippen molar-refractivity contribution >= 4 is 33.4 Å². The fraction of sp³-hybridized carbons (Fsp3) is 0.333. The summed E-state index contributed by atoms with van der Waals surface area (Å²) >= 11 is 3.39. The molecule has 2 aromatic carbocycles. The molecule has 0 fully saturated rings. The Labute approximate surface area is 168 Å². The number of hydrogen-bond acceptors (Lipinski definition) is 3. The van der Waals surface area contributed by atoms with E-state index in [0.29, 0.717) is 29.2 Å². The lowest BCUT2D eigenvalue weighted by molar-refractivity contribution is 0.0938. The number of rotatable bonds is 8. The van der Waals surface area contributed by atoms with E-state index in [0.717, 1.165) is 17.3 Å². The van der Waals surface area contributed by atoms with Crippen molar-refractivity contribution in [1.82, 2.24) is 5.32 Å². The van der Waals surface area contributed by atoms with Crippen LogP contribution in [0.25, 0.3) is 0 Å². The van der Waals surface area contributed by atoms with Crippen LogP contribution in [-0.4, -0.2) is 24.5 Å². The normalized spacial score (nSPS) is 11.6. The monoisotopic (exact) mass is 432 g/mol. The fourth-order valence-electron chi connectivity index (χ4n) is 2.33. The molecule has 6 heteroatoms. The van der Waals surface area contributed by atoms with E-state index in [1.807, 2.05) is 26.8 Å². The summed E-state index contributed by atoms with van der Waals surface area (Å²) in [5, 5.41) is 5.77. The summed E-state index contributed by atoms with van der Waals surface area (Å²) < 4.78 is 6.46. The molecule has 2 N–H and O–H groups in total. The predicted molar refractivity (Wildman–Crippen MR) is 112 cm³/mol. The van der Waals surface area contributed by atoms with E-state index in [-0.39, 0.29) is 17.9 Å². The van der Waals surface area contributed by atoms with Crippen molar-refractivity contribution in [3.63, 3.8) is 0 Å². The van der Waals surface area contributed by atoms with Crippen LogP contribution in [0.15, 0.2) is 46.9 Å². The molecule has 2 aromatic rings. The largest absolute Gasteiger partial charge is 0.493 e. The Morgan fingerprint density at radius 3 is 2.41 bits per heavy atom. The number of anilines is 1. The molecule has 0 aliphatic carbocycles. The fourth-order valence-corrected chi connectivity index (χ4v) is 2.69. The first-order valence-electron chi connectivity index (χ1n) is 9.09. The van der Waals surface area contributed by atoms with Crippen molar-refractivity contribution < 1.29 is 14.3 Å². The summed E-state index contributed by atoms with van der Waals surface area (Å²) in [6, 6.07) is 12.3. The molecule has 0 aliphatic rings. The summed E-state index contributed by atoms with van der Waals surface area (Å²) in [5.74, 6) is 0.158. The molecule has 1 atom stereocenters. The van der Waals surface area contributed by atoms with Gasteiger partial charge in [0, 0.05) is 21.8 Å². The second-order valence-electron chi connectivity index (χ2n) is 6.30. The van der Waals surface area contributed by atoms with Crippen LogP contribution in [0.2, 0.25) is 0 Å². The van der Waals surface area contributed by atoms with Gasteiger partial charge in [0.1, 0.15) is 5.75 Å². The first-order chi connectivity index (χ1) is 12.9. The van der Waals surface area contributed by atoms with Crippen molar-refractivity contribution in [2.45, 2.75) is 39.7 Å². The molecule has 5 nitrogen and oxygen atoms in total. The van der Waals surface area contributed by atoms with Crippen LogP contribution >= 0.6 is 15.9 Å². The molecule has 2 rings (SSSR count). The van der Waals surface area contributed by atoms with Gasteiger partial charge in [0.05, 0.1) is 12.2 Å². The molecule has 0 saturated carbocycles. The van der Waals surface area contributed by atoms with Gasteiger partial charge in [-0.25, -0.2) is 0 Å². The average Bonchev–Trinajstić information content (AvgIpc) is 2.67. The first-order valence-corrected chi connectivity index (χ1v) is 9.88. The molecule has 0 bridgehead atoms. The molecule has 0 radical (unpaired) electrons. The Morgan fingerprint density at radius 2 is 1.78 bits per heavy atom. The minimum Gasteiger partial charge on any atom is -0.493 e. The Bertz CT molecular complexity index is 791. The molecule has 0 heterocycles. The van der Waals surface area contributed by atoms with Gasteiger partial charge in [0.25, 0.3) is 11.8 Å². The third-order valence-corrected chi connectivity index (χ3v) is 4.54. The molecule has 0 aliphatic heterocycles. The van der Waals surface area contributed by atoms with Gasteiger partial charge in [-0.2, -0.15) is 0 Å². The van der Waals surface area contributed by atoms with Gasteiger partial charge in [0.15, 0.2) is 0 Å². The van der Waals surface area contributed by atoms with Gasteiger partial charge < -0.3 is 15.4 Å². The van der Waals surface area contributed by atoms with E-state index >= 15 is 0 Å². The highest BCUT2D eigenvalue weighted by molar-refractivity contribution is 9.10. The van der Waals surface area contributed by atoms with Gasteiger partial charge in [0.2, 0.25) is 0 Å². The molecule has 144 valence electrons. The zero-order chi connectivity index (χ0) is 19.8. The Morgan fingerprint density at radius 1 is 1.07 bits per heavy atom. The van der Waals surface area contributed by atoms with Crippen molar-refractivity contribution in [3.05, 3.63) is 58.1 Å². The zero-order valence-electron chi connectivity index (χ0n) is 15.8. The van der Waals surface area contributed by atoms with E-state index in [4.69, 9.17) is 4.74 Å². The number of benzene rings is 2. The van der Waals surface area contributed by atoms with Crippen LogP contribution in [0, 0.1) is 0 Å². The molecule has 2 amide bonds. The summed E-state index contributed by atoms with van der Waals surface area (Å²) in [4.78, 5) is 24.8. The highest BCUT2D eigenvalue weighted by Gasteiger charge is 2.14. The standard InChI is InChI=1S/C21H25BrN2O3/c1-4-12-27-19-11-8-16(22)13-18(19)21(26)24-17-9-6-15(7-10-17)20(25)23-14(3)5-2/h6-11,13-14H,4-5,12H2,1-3H3,(H,23,25)(H,24,26). The lowest BCUT2D eigenvalue weighted by Gasteiger charge is -2.13. The third kappa shape index (κ3) is 6.10. The molecular weight excluding hydrogens is 408 g/mol. The highest BCUT2D eigenvalue weighted by atomic mass is 79.9. The van der Waals surface area contributed by atoms with E-state index < -0.39 is 0 Å².